The maximum Gasteiger partial charge on any atom is 1.00 e. The Hall–Kier alpha value is -0.710. The fourth-order valence-electron chi connectivity index (χ4n) is 0.854. The predicted octanol–water partition coefficient (Wildman–Crippen LogP) is -2.16. The van der Waals surface area contributed by atoms with E-state index in [2.05, 4.69) is 0 Å². The first-order chi connectivity index (χ1) is 5.59. The van der Waals surface area contributed by atoms with Crippen molar-refractivity contribution in [2.45, 2.75) is 6.42 Å². The third-order valence-electron chi connectivity index (χ3n) is 1.40. The molecule has 0 radical (unpaired) electrons. The molecule has 0 aromatic heterocycles. The Morgan fingerprint density at radius 1 is 1.31 bits per heavy atom. The van der Waals surface area contributed by atoms with Gasteiger partial charge in [-0.05, 0) is 17.7 Å². The van der Waals surface area contributed by atoms with Gasteiger partial charge in [-0.25, -0.2) is 0 Å². The molecule has 0 atom stereocenters. The van der Waals surface area contributed by atoms with Gasteiger partial charge in [0.15, 0.2) is 11.5 Å². The molecule has 0 saturated heterocycles. The number of aliphatic carboxylic acids is 1. The third kappa shape index (κ3) is 3.67. The van der Waals surface area contributed by atoms with E-state index < -0.39 is 5.97 Å². The van der Waals surface area contributed by atoms with Gasteiger partial charge in [0.2, 0.25) is 0 Å². The average Bonchev–Trinajstić information content (AvgIpc) is 1.96. The molecular formula is C8H9NaO4. The fourth-order valence-corrected chi connectivity index (χ4v) is 0.854. The molecule has 0 heterocycles. The van der Waals surface area contributed by atoms with Crippen molar-refractivity contribution in [2.75, 3.05) is 0 Å². The Balaban J connectivity index is 0. The van der Waals surface area contributed by atoms with Crippen molar-refractivity contribution >= 4 is 5.97 Å². The van der Waals surface area contributed by atoms with Gasteiger partial charge in [-0.2, -0.15) is 0 Å². The molecule has 3 N–H and O–H groups in total. The van der Waals surface area contributed by atoms with Crippen molar-refractivity contribution in [3.63, 3.8) is 0 Å². The van der Waals surface area contributed by atoms with E-state index in [-0.39, 0.29) is 48.9 Å². The van der Waals surface area contributed by atoms with E-state index >= 15 is 0 Å². The summed E-state index contributed by atoms with van der Waals surface area (Å²) < 4.78 is 0. The molecule has 0 aliphatic heterocycles. The standard InChI is InChI=1S/C8H8O4.Na.H/c9-6-2-1-5(3-7(6)10)4-8(11)12;;/h1-3,9-10H,4H2,(H,11,12);;/q;+1;-1. The first-order valence-corrected chi connectivity index (χ1v) is 3.32. The van der Waals surface area contributed by atoms with E-state index in [0.29, 0.717) is 5.56 Å². The van der Waals surface area contributed by atoms with Crippen molar-refractivity contribution in [3.8, 4) is 11.5 Å². The molecular weight excluding hydrogens is 183 g/mol. The minimum atomic E-state index is -0.972. The number of benzene rings is 1. The number of carbonyl (C=O) groups is 1. The van der Waals surface area contributed by atoms with Crippen LogP contribution in [0.2, 0.25) is 0 Å². The Labute approximate surface area is 98.6 Å². The molecule has 13 heavy (non-hydrogen) atoms. The molecule has 1 rings (SSSR count). The van der Waals surface area contributed by atoms with E-state index in [9.17, 15) is 4.79 Å². The minimum Gasteiger partial charge on any atom is -1.00 e. The first kappa shape index (κ1) is 12.3. The van der Waals surface area contributed by atoms with Crippen LogP contribution in [-0.4, -0.2) is 21.3 Å². The first-order valence-electron chi connectivity index (χ1n) is 3.32. The van der Waals surface area contributed by atoms with E-state index in [1.807, 2.05) is 0 Å². The van der Waals surface area contributed by atoms with Crippen molar-refractivity contribution in [1.82, 2.24) is 0 Å². The molecule has 0 aliphatic carbocycles. The van der Waals surface area contributed by atoms with Crippen molar-refractivity contribution in [1.29, 1.82) is 0 Å². The van der Waals surface area contributed by atoms with E-state index in [4.69, 9.17) is 15.3 Å². The van der Waals surface area contributed by atoms with Gasteiger partial charge in [-0.3, -0.25) is 4.79 Å². The summed E-state index contributed by atoms with van der Waals surface area (Å²) in [4.78, 5) is 10.2. The second kappa shape index (κ2) is 5.11. The van der Waals surface area contributed by atoms with Crippen molar-refractivity contribution in [3.05, 3.63) is 23.8 Å². The molecule has 0 fully saturated rings. The maximum absolute atomic E-state index is 10.2. The Bertz CT molecular complexity index is 316. The van der Waals surface area contributed by atoms with Gasteiger partial charge in [0.25, 0.3) is 0 Å². The normalized spacial score (nSPS) is 8.92. The van der Waals surface area contributed by atoms with Crippen LogP contribution in [0.1, 0.15) is 6.99 Å². The quantitative estimate of drug-likeness (QED) is 0.368. The van der Waals surface area contributed by atoms with Gasteiger partial charge in [-0.1, -0.05) is 6.07 Å². The summed E-state index contributed by atoms with van der Waals surface area (Å²) >= 11 is 0. The van der Waals surface area contributed by atoms with Crippen LogP contribution in [0.4, 0.5) is 0 Å². The summed E-state index contributed by atoms with van der Waals surface area (Å²) in [5, 5.41) is 26.2. The van der Waals surface area contributed by atoms with Gasteiger partial charge in [0, 0.05) is 0 Å². The SMILES string of the molecule is O=C(O)Cc1ccc(O)c(O)c1.[H-].[Na+]. The Morgan fingerprint density at radius 3 is 2.38 bits per heavy atom. The van der Waals surface area contributed by atoms with Gasteiger partial charge in [0.1, 0.15) is 0 Å². The van der Waals surface area contributed by atoms with Gasteiger partial charge in [0.05, 0.1) is 6.42 Å². The molecule has 0 amide bonds. The summed E-state index contributed by atoms with van der Waals surface area (Å²) in [6.07, 6.45) is -0.159. The second-order valence-electron chi connectivity index (χ2n) is 2.39. The van der Waals surface area contributed by atoms with Crippen LogP contribution >= 0.6 is 0 Å². The molecule has 5 heteroatoms. The van der Waals surface area contributed by atoms with Crippen LogP contribution in [0, 0.1) is 0 Å². The Kier molecular flexibility index (Phi) is 4.83. The number of phenolic OH excluding ortho intramolecular Hbond substituents is 2. The molecule has 0 unspecified atom stereocenters. The number of rotatable bonds is 2. The summed E-state index contributed by atoms with van der Waals surface area (Å²) in [7, 11) is 0. The van der Waals surface area contributed by atoms with Gasteiger partial charge >= 0.3 is 35.5 Å². The van der Waals surface area contributed by atoms with E-state index in [1.54, 1.807) is 0 Å². The van der Waals surface area contributed by atoms with E-state index in [1.165, 1.54) is 18.2 Å². The zero-order valence-electron chi connectivity index (χ0n) is 8.19. The predicted molar refractivity (Wildman–Crippen MR) is 42.2 cm³/mol. The van der Waals surface area contributed by atoms with Crippen LogP contribution < -0.4 is 29.6 Å². The monoisotopic (exact) mass is 192 g/mol. The molecule has 0 aliphatic rings. The topological polar surface area (TPSA) is 77.8 Å². The number of carboxylic acid groups (broad SMARTS) is 1. The van der Waals surface area contributed by atoms with Gasteiger partial charge in [-0.15, -0.1) is 0 Å². The zero-order valence-corrected chi connectivity index (χ0v) is 9.19. The number of phenols is 2. The summed E-state index contributed by atoms with van der Waals surface area (Å²) in [5.74, 6) is -1.52. The second-order valence-corrected chi connectivity index (χ2v) is 2.39. The van der Waals surface area contributed by atoms with E-state index in [0.717, 1.165) is 0 Å². The molecule has 66 valence electrons. The van der Waals surface area contributed by atoms with Crippen LogP contribution in [0.3, 0.4) is 0 Å². The number of carboxylic acids is 1. The number of aromatic hydroxyl groups is 2. The van der Waals surface area contributed by atoms with Gasteiger partial charge < -0.3 is 16.7 Å². The molecule has 0 bridgehead atoms. The molecule has 1 aromatic carbocycles. The summed E-state index contributed by atoms with van der Waals surface area (Å²) in [6.45, 7) is 0. The van der Waals surface area contributed by atoms with Crippen LogP contribution in [0.15, 0.2) is 18.2 Å². The van der Waals surface area contributed by atoms with Crippen LogP contribution in [-0.2, 0) is 11.2 Å². The average molecular weight is 192 g/mol. The zero-order chi connectivity index (χ0) is 9.14. The molecule has 0 spiro atoms. The molecule has 0 saturated carbocycles. The largest absolute Gasteiger partial charge is 1.00 e. The number of hydrogen-bond acceptors (Lipinski definition) is 3. The van der Waals surface area contributed by atoms with Crippen molar-refractivity contribution < 1.29 is 51.1 Å². The third-order valence-corrected chi connectivity index (χ3v) is 1.40. The maximum atomic E-state index is 10.2. The minimum absolute atomic E-state index is 0. The molecule has 1 aromatic rings. The van der Waals surface area contributed by atoms with Crippen LogP contribution in [0.25, 0.3) is 0 Å². The van der Waals surface area contributed by atoms with Crippen molar-refractivity contribution in [2.24, 2.45) is 0 Å². The fraction of sp³-hybridized carbons (Fsp3) is 0.125. The Morgan fingerprint density at radius 2 is 1.92 bits per heavy atom. The smallest absolute Gasteiger partial charge is 1.00 e. The summed E-state index contributed by atoms with van der Waals surface area (Å²) in [5.41, 5.74) is 0.456. The van der Waals surface area contributed by atoms with Crippen LogP contribution in [0.5, 0.6) is 11.5 Å². The molecule has 4 nitrogen and oxygen atoms in total. The number of hydrogen-bond donors (Lipinski definition) is 3. The summed E-state index contributed by atoms with van der Waals surface area (Å²) in [6, 6.07) is 3.93.